The van der Waals surface area contributed by atoms with Crippen LogP contribution in [0.25, 0.3) is 0 Å². The highest BCUT2D eigenvalue weighted by Gasteiger charge is 2.30. The molecular formula is C32H48N2O2. The molecule has 1 fully saturated rings. The highest BCUT2D eigenvalue weighted by atomic mass is 16.5. The predicted molar refractivity (Wildman–Crippen MR) is 150 cm³/mol. The Hall–Kier alpha value is -2.33. The Bertz CT molecular complexity index is 896. The molecule has 0 saturated heterocycles. The second-order valence-electron chi connectivity index (χ2n) is 12.1. The molecule has 198 valence electrons. The van der Waals surface area contributed by atoms with E-state index in [1.165, 1.54) is 37.7 Å². The Morgan fingerprint density at radius 1 is 0.972 bits per heavy atom. The van der Waals surface area contributed by atoms with E-state index in [1.54, 1.807) is 0 Å². The van der Waals surface area contributed by atoms with E-state index >= 15 is 0 Å². The molecule has 1 amide bonds. The Kier molecular flexibility index (Phi) is 10.9. The van der Waals surface area contributed by atoms with Crippen molar-refractivity contribution in [3.8, 4) is 5.75 Å². The van der Waals surface area contributed by atoms with Gasteiger partial charge in [-0.15, -0.1) is 0 Å². The maximum atomic E-state index is 13.6. The Morgan fingerprint density at radius 3 is 2.25 bits per heavy atom. The number of hydrogen-bond donors (Lipinski definition) is 1. The Balaban J connectivity index is 1.74. The molecule has 2 aromatic rings. The van der Waals surface area contributed by atoms with Gasteiger partial charge in [0.25, 0.3) is 0 Å². The molecule has 4 nitrogen and oxygen atoms in total. The van der Waals surface area contributed by atoms with Crippen molar-refractivity contribution in [2.45, 2.75) is 97.8 Å². The number of benzene rings is 2. The van der Waals surface area contributed by atoms with Gasteiger partial charge in [0.1, 0.15) is 12.4 Å². The number of carbonyl (C=O) groups is 1. The third-order valence-electron chi connectivity index (χ3n) is 7.05. The van der Waals surface area contributed by atoms with Crippen LogP contribution in [0.5, 0.6) is 5.75 Å². The first-order valence-electron chi connectivity index (χ1n) is 14.0. The van der Waals surface area contributed by atoms with Crippen molar-refractivity contribution in [1.82, 2.24) is 10.2 Å². The van der Waals surface area contributed by atoms with Crippen LogP contribution >= 0.6 is 0 Å². The second-order valence-corrected chi connectivity index (χ2v) is 12.1. The monoisotopic (exact) mass is 492 g/mol. The van der Waals surface area contributed by atoms with Crippen molar-refractivity contribution in [3.63, 3.8) is 0 Å². The topological polar surface area (TPSA) is 41.6 Å². The van der Waals surface area contributed by atoms with Crippen LogP contribution in [0, 0.1) is 11.8 Å². The summed E-state index contributed by atoms with van der Waals surface area (Å²) < 4.78 is 5.99. The van der Waals surface area contributed by atoms with Gasteiger partial charge >= 0.3 is 0 Å². The van der Waals surface area contributed by atoms with Gasteiger partial charge in [-0.05, 0) is 88.1 Å². The molecule has 3 rings (SSSR count). The molecule has 1 aliphatic carbocycles. The summed E-state index contributed by atoms with van der Waals surface area (Å²) in [5.41, 5.74) is 2.08. The summed E-state index contributed by atoms with van der Waals surface area (Å²) in [5, 5.41) is 3.29. The van der Waals surface area contributed by atoms with Crippen molar-refractivity contribution >= 4 is 5.91 Å². The van der Waals surface area contributed by atoms with Crippen LogP contribution in [-0.2, 0) is 17.8 Å². The zero-order valence-electron chi connectivity index (χ0n) is 23.3. The first kappa shape index (κ1) is 28.2. The number of carbonyl (C=O) groups excluding carboxylic acids is 1. The van der Waals surface area contributed by atoms with E-state index in [4.69, 9.17) is 4.74 Å². The van der Waals surface area contributed by atoms with E-state index in [0.717, 1.165) is 30.8 Å². The second kappa shape index (κ2) is 13.8. The Labute approximate surface area is 219 Å². The summed E-state index contributed by atoms with van der Waals surface area (Å²) in [4.78, 5) is 16.1. The van der Waals surface area contributed by atoms with E-state index in [-0.39, 0.29) is 17.5 Å². The lowest BCUT2D eigenvalue weighted by Gasteiger charge is -2.37. The normalized spacial score (nSPS) is 15.8. The van der Waals surface area contributed by atoms with Crippen LogP contribution in [-0.4, -0.2) is 35.5 Å². The number of ether oxygens (including phenoxy) is 1. The number of amides is 1. The fraction of sp³-hybridized carbons (Fsp3) is 0.594. The van der Waals surface area contributed by atoms with E-state index < -0.39 is 0 Å². The van der Waals surface area contributed by atoms with Gasteiger partial charge in [0.15, 0.2) is 0 Å². The molecule has 0 bridgehead atoms. The molecule has 0 spiro atoms. The van der Waals surface area contributed by atoms with Gasteiger partial charge in [0.2, 0.25) is 5.91 Å². The van der Waals surface area contributed by atoms with Crippen LogP contribution in [0.1, 0.15) is 84.3 Å². The van der Waals surface area contributed by atoms with Gasteiger partial charge in [-0.3, -0.25) is 9.69 Å². The summed E-state index contributed by atoms with van der Waals surface area (Å²) in [6.45, 7) is 13.3. The highest BCUT2D eigenvalue weighted by molar-refractivity contribution is 5.82. The molecule has 1 atom stereocenters. The highest BCUT2D eigenvalue weighted by Crippen LogP contribution is 2.26. The molecule has 1 saturated carbocycles. The van der Waals surface area contributed by atoms with Crippen molar-refractivity contribution in [1.29, 1.82) is 0 Å². The van der Waals surface area contributed by atoms with E-state index in [2.05, 4.69) is 69.1 Å². The van der Waals surface area contributed by atoms with Gasteiger partial charge in [0.05, 0.1) is 6.04 Å². The molecule has 0 radical (unpaired) electrons. The molecule has 4 heteroatoms. The molecule has 0 aromatic heterocycles. The maximum Gasteiger partial charge on any atom is 0.238 e. The zero-order valence-corrected chi connectivity index (χ0v) is 23.3. The lowest BCUT2D eigenvalue weighted by molar-refractivity contribution is -0.128. The average molecular weight is 493 g/mol. The van der Waals surface area contributed by atoms with Gasteiger partial charge < -0.3 is 10.1 Å². The van der Waals surface area contributed by atoms with Gasteiger partial charge in [-0.1, -0.05) is 75.6 Å². The minimum Gasteiger partial charge on any atom is -0.489 e. The van der Waals surface area contributed by atoms with Crippen LogP contribution in [0.3, 0.4) is 0 Å². The summed E-state index contributed by atoms with van der Waals surface area (Å²) >= 11 is 0. The lowest BCUT2D eigenvalue weighted by Crippen LogP contribution is -2.54. The quantitative estimate of drug-likeness (QED) is 0.346. The summed E-state index contributed by atoms with van der Waals surface area (Å²) in [7, 11) is 0. The lowest BCUT2D eigenvalue weighted by atomic mass is 9.88. The number of rotatable bonds is 12. The number of nitrogens with zero attached hydrogens (tertiary/aromatic N) is 1. The van der Waals surface area contributed by atoms with E-state index in [9.17, 15) is 4.79 Å². The molecule has 1 N–H and O–H groups in total. The smallest absolute Gasteiger partial charge is 0.238 e. The minimum atomic E-state index is -0.251. The number of nitrogens with one attached hydrogen (secondary N) is 1. The molecule has 2 aromatic carbocycles. The van der Waals surface area contributed by atoms with Crippen LogP contribution in [0.2, 0.25) is 0 Å². The standard InChI is InChI=1S/C32H48N2O2/c1-25(2)20-21-34(23-27-12-8-6-9-13-27)30(31(35)33-32(3,4)5)22-26-16-18-29(19-17-26)36-24-28-14-10-7-11-15-28/h7,10-11,14-19,25,27,30H,6,8-9,12-13,20-24H2,1-5H3,(H,33,35). The first-order chi connectivity index (χ1) is 17.2. The number of hydrogen-bond acceptors (Lipinski definition) is 3. The minimum absolute atomic E-state index is 0.145. The van der Waals surface area contributed by atoms with Crippen molar-refractivity contribution in [2.24, 2.45) is 11.8 Å². The molecule has 36 heavy (non-hydrogen) atoms. The zero-order chi connectivity index (χ0) is 26.0. The SMILES string of the molecule is CC(C)CCN(CC1CCCCC1)C(Cc1ccc(OCc2ccccc2)cc1)C(=O)NC(C)(C)C. The van der Waals surface area contributed by atoms with Gasteiger partial charge in [-0.2, -0.15) is 0 Å². The molecule has 1 aliphatic rings. The third-order valence-corrected chi connectivity index (χ3v) is 7.05. The fourth-order valence-electron chi connectivity index (χ4n) is 5.03. The fourth-order valence-corrected chi connectivity index (χ4v) is 5.03. The largest absolute Gasteiger partial charge is 0.489 e. The van der Waals surface area contributed by atoms with Crippen molar-refractivity contribution in [3.05, 3.63) is 65.7 Å². The summed E-state index contributed by atoms with van der Waals surface area (Å²) in [6.07, 6.45) is 8.41. The molecule has 0 aliphatic heterocycles. The van der Waals surface area contributed by atoms with Crippen molar-refractivity contribution < 1.29 is 9.53 Å². The Morgan fingerprint density at radius 2 is 1.64 bits per heavy atom. The predicted octanol–water partition coefficient (Wildman–Crippen LogP) is 7.02. The molecular weight excluding hydrogens is 444 g/mol. The van der Waals surface area contributed by atoms with Crippen molar-refractivity contribution in [2.75, 3.05) is 13.1 Å². The molecule has 1 unspecified atom stereocenters. The van der Waals surface area contributed by atoms with Crippen LogP contribution in [0.15, 0.2) is 54.6 Å². The van der Waals surface area contributed by atoms with Crippen LogP contribution in [0.4, 0.5) is 0 Å². The first-order valence-corrected chi connectivity index (χ1v) is 14.0. The van der Waals surface area contributed by atoms with E-state index in [1.807, 2.05) is 30.3 Å². The van der Waals surface area contributed by atoms with Gasteiger partial charge in [-0.25, -0.2) is 0 Å². The van der Waals surface area contributed by atoms with E-state index in [0.29, 0.717) is 24.9 Å². The van der Waals surface area contributed by atoms with Gasteiger partial charge in [0, 0.05) is 12.1 Å². The average Bonchev–Trinajstić information content (AvgIpc) is 2.85. The third kappa shape index (κ3) is 9.97. The van der Waals surface area contributed by atoms with Crippen LogP contribution < -0.4 is 10.1 Å². The maximum absolute atomic E-state index is 13.6. The molecule has 0 heterocycles. The summed E-state index contributed by atoms with van der Waals surface area (Å²) in [5.74, 6) is 2.32. The summed E-state index contributed by atoms with van der Waals surface area (Å²) in [6, 6.07) is 18.4.